The van der Waals surface area contributed by atoms with Crippen LogP contribution in [0.15, 0.2) is 89.9 Å². The number of rotatable bonds is 4. The molecule has 1 N–H and O–H groups in total. The summed E-state index contributed by atoms with van der Waals surface area (Å²) in [6.07, 6.45) is 0.602. The second kappa shape index (κ2) is 6.89. The highest BCUT2D eigenvalue weighted by Crippen LogP contribution is 2.36. The fourth-order valence-electron chi connectivity index (χ4n) is 3.32. The van der Waals surface area contributed by atoms with Gasteiger partial charge in [0.15, 0.2) is 0 Å². The van der Waals surface area contributed by atoms with Crippen molar-refractivity contribution in [2.24, 2.45) is 4.99 Å². The van der Waals surface area contributed by atoms with Crippen LogP contribution >= 0.6 is 0 Å². The third kappa shape index (κ3) is 3.45. The van der Waals surface area contributed by atoms with Gasteiger partial charge in [0.25, 0.3) is 0 Å². The predicted octanol–water partition coefficient (Wildman–Crippen LogP) is 4.85. The smallest absolute Gasteiger partial charge is 0.123 e. The number of nitrogens with zero attached hydrogens (tertiary/aromatic N) is 1. The molecule has 0 saturated carbocycles. The topological polar surface area (TPSA) is 24.4 Å². The van der Waals surface area contributed by atoms with E-state index in [0.29, 0.717) is 6.42 Å². The predicted molar refractivity (Wildman–Crippen MR) is 99.0 cm³/mol. The molecule has 1 aliphatic heterocycles. The van der Waals surface area contributed by atoms with Crippen molar-refractivity contribution in [1.82, 2.24) is 5.32 Å². The van der Waals surface area contributed by atoms with E-state index in [1.165, 1.54) is 17.2 Å². The number of aliphatic imine (C=N–C) groups is 1. The third-order valence-electron chi connectivity index (χ3n) is 4.49. The standard InChI is InChI=1S/C22H19FN2/c23-19-13-7-8-16(14-19)15-20-24-21(17-9-3-1-4-10-17)22(25-20)18-11-5-2-6-12-18/h1-14,21-22H,15H2,(H,24,25)/t21-,22+. The first-order valence-electron chi connectivity index (χ1n) is 8.47. The molecule has 2 atom stereocenters. The maximum atomic E-state index is 13.5. The lowest BCUT2D eigenvalue weighted by Crippen LogP contribution is -2.25. The van der Waals surface area contributed by atoms with E-state index in [-0.39, 0.29) is 17.9 Å². The van der Waals surface area contributed by atoms with E-state index in [1.807, 2.05) is 42.5 Å². The van der Waals surface area contributed by atoms with Crippen LogP contribution in [0.5, 0.6) is 0 Å². The molecule has 0 fully saturated rings. The Labute approximate surface area is 147 Å². The fraction of sp³-hybridized carbons (Fsp3) is 0.136. The Kier molecular flexibility index (Phi) is 4.30. The van der Waals surface area contributed by atoms with Crippen LogP contribution in [0.3, 0.4) is 0 Å². The third-order valence-corrected chi connectivity index (χ3v) is 4.49. The Hall–Kier alpha value is -2.94. The van der Waals surface area contributed by atoms with E-state index in [2.05, 4.69) is 29.6 Å². The van der Waals surface area contributed by atoms with Crippen molar-refractivity contribution in [3.63, 3.8) is 0 Å². The molecule has 0 unspecified atom stereocenters. The Morgan fingerprint density at radius 1 is 0.800 bits per heavy atom. The molecule has 0 saturated heterocycles. The Morgan fingerprint density at radius 3 is 2.16 bits per heavy atom. The molecule has 3 heteroatoms. The summed E-state index contributed by atoms with van der Waals surface area (Å²) in [5.41, 5.74) is 3.30. The van der Waals surface area contributed by atoms with Gasteiger partial charge in [-0.2, -0.15) is 0 Å². The maximum Gasteiger partial charge on any atom is 0.123 e. The number of hydrogen-bond acceptors (Lipinski definition) is 2. The number of nitrogens with one attached hydrogen (secondary N) is 1. The summed E-state index contributed by atoms with van der Waals surface area (Å²) in [7, 11) is 0. The van der Waals surface area contributed by atoms with Crippen LogP contribution in [-0.4, -0.2) is 5.84 Å². The molecule has 1 aliphatic rings. The number of hydrogen-bond donors (Lipinski definition) is 1. The Balaban J connectivity index is 1.65. The quantitative estimate of drug-likeness (QED) is 0.726. The van der Waals surface area contributed by atoms with Crippen molar-refractivity contribution >= 4 is 5.84 Å². The van der Waals surface area contributed by atoms with Gasteiger partial charge in [0.2, 0.25) is 0 Å². The molecule has 1 heterocycles. The Bertz CT molecular complexity index is 875. The SMILES string of the molecule is Fc1cccc(CC2=N[C@@H](c3ccccc3)[C@@H](c3ccccc3)N2)c1. The van der Waals surface area contributed by atoms with Crippen LogP contribution in [-0.2, 0) is 6.42 Å². The monoisotopic (exact) mass is 330 g/mol. The van der Waals surface area contributed by atoms with Crippen molar-refractivity contribution < 1.29 is 4.39 Å². The van der Waals surface area contributed by atoms with E-state index in [1.54, 1.807) is 12.1 Å². The van der Waals surface area contributed by atoms with Crippen LogP contribution in [0.1, 0.15) is 28.8 Å². The molecule has 2 nitrogen and oxygen atoms in total. The first kappa shape index (κ1) is 15.6. The zero-order valence-electron chi connectivity index (χ0n) is 13.8. The average Bonchev–Trinajstić information content (AvgIpc) is 3.07. The van der Waals surface area contributed by atoms with Gasteiger partial charge in [0, 0.05) is 6.42 Å². The fourth-order valence-corrected chi connectivity index (χ4v) is 3.32. The summed E-state index contributed by atoms with van der Waals surface area (Å²) < 4.78 is 13.5. The molecule has 25 heavy (non-hydrogen) atoms. The summed E-state index contributed by atoms with van der Waals surface area (Å²) in [6, 6.07) is 27.5. The maximum absolute atomic E-state index is 13.5. The molecule has 124 valence electrons. The van der Waals surface area contributed by atoms with Crippen molar-refractivity contribution in [1.29, 1.82) is 0 Å². The summed E-state index contributed by atoms with van der Waals surface area (Å²) in [5, 5.41) is 3.55. The minimum Gasteiger partial charge on any atom is -0.364 e. The van der Waals surface area contributed by atoms with Crippen molar-refractivity contribution in [2.45, 2.75) is 18.5 Å². The van der Waals surface area contributed by atoms with Crippen LogP contribution in [0.2, 0.25) is 0 Å². The average molecular weight is 330 g/mol. The van der Waals surface area contributed by atoms with Gasteiger partial charge < -0.3 is 5.32 Å². The lowest BCUT2D eigenvalue weighted by atomic mass is 9.95. The first-order valence-corrected chi connectivity index (χ1v) is 8.47. The molecule has 0 amide bonds. The van der Waals surface area contributed by atoms with Crippen molar-refractivity contribution in [3.05, 3.63) is 107 Å². The van der Waals surface area contributed by atoms with E-state index in [4.69, 9.17) is 4.99 Å². The number of amidine groups is 1. The number of halogens is 1. The highest BCUT2D eigenvalue weighted by Gasteiger charge is 2.30. The second-order valence-corrected chi connectivity index (χ2v) is 6.27. The van der Waals surface area contributed by atoms with Crippen LogP contribution in [0.4, 0.5) is 4.39 Å². The van der Waals surface area contributed by atoms with Crippen LogP contribution in [0.25, 0.3) is 0 Å². The molecular weight excluding hydrogens is 311 g/mol. The van der Waals surface area contributed by atoms with Gasteiger partial charge in [-0.15, -0.1) is 0 Å². The van der Waals surface area contributed by atoms with Gasteiger partial charge in [-0.3, -0.25) is 4.99 Å². The molecule has 0 radical (unpaired) electrons. The van der Waals surface area contributed by atoms with E-state index in [9.17, 15) is 4.39 Å². The molecule has 0 spiro atoms. The largest absolute Gasteiger partial charge is 0.364 e. The van der Waals surface area contributed by atoms with Crippen LogP contribution in [0, 0.1) is 5.82 Å². The summed E-state index contributed by atoms with van der Waals surface area (Å²) in [6.45, 7) is 0. The summed E-state index contributed by atoms with van der Waals surface area (Å²) >= 11 is 0. The molecule has 0 aromatic heterocycles. The summed E-state index contributed by atoms with van der Waals surface area (Å²) in [5.74, 6) is 0.684. The van der Waals surface area contributed by atoms with Gasteiger partial charge in [0.05, 0.1) is 6.04 Å². The van der Waals surface area contributed by atoms with Gasteiger partial charge in [0.1, 0.15) is 17.7 Å². The Morgan fingerprint density at radius 2 is 1.48 bits per heavy atom. The van der Waals surface area contributed by atoms with E-state index >= 15 is 0 Å². The zero-order valence-corrected chi connectivity index (χ0v) is 13.8. The molecule has 0 aliphatic carbocycles. The first-order chi connectivity index (χ1) is 12.3. The number of benzene rings is 3. The van der Waals surface area contributed by atoms with Gasteiger partial charge in [-0.25, -0.2) is 4.39 Å². The highest BCUT2D eigenvalue weighted by molar-refractivity contribution is 5.87. The van der Waals surface area contributed by atoms with Gasteiger partial charge >= 0.3 is 0 Å². The molecule has 0 bridgehead atoms. The van der Waals surface area contributed by atoms with E-state index < -0.39 is 0 Å². The molecule has 3 aromatic carbocycles. The highest BCUT2D eigenvalue weighted by atomic mass is 19.1. The lowest BCUT2D eigenvalue weighted by Gasteiger charge is -2.19. The van der Waals surface area contributed by atoms with Gasteiger partial charge in [-0.1, -0.05) is 72.8 Å². The molecule has 3 aromatic rings. The summed E-state index contributed by atoms with van der Waals surface area (Å²) in [4.78, 5) is 4.92. The second-order valence-electron chi connectivity index (χ2n) is 6.27. The lowest BCUT2D eigenvalue weighted by molar-refractivity contribution is 0.571. The molecular formula is C22H19FN2. The van der Waals surface area contributed by atoms with E-state index in [0.717, 1.165) is 11.4 Å². The molecule has 4 rings (SSSR count). The van der Waals surface area contributed by atoms with Crippen molar-refractivity contribution in [2.75, 3.05) is 0 Å². The zero-order chi connectivity index (χ0) is 17.1. The van der Waals surface area contributed by atoms with Crippen LogP contribution < -0.4 is 5.32 Å². The minimum absolute atomic E-state index is 0.0205. The minimum atomic E-state index is -0.213. The van der Waals surface area contributed by atoms with Crippen molar-refractivity contribution in [3.8, 4) is 0 Å². The van der Waals surface area contributed by atoms with Gasteiger partial charge in [-0.05, 0) is 28.8 Å². The normalized spacial score (nSPS) is 19.3.